The molecule has 4 heterocycles. The molecule has 0 amide bonds. The van der Waals surface area contributed by atoms with E-state index in [4.69, 9.17) is 19.4 Å². The molecule has 6 nitrogen and oxygen atoms in total. The predicted octanol–water partition coefficient (Wildman–Crippen LogP) is 14.1. The van der Waals surface area contributed by atoms with Crippen LogP contribution in [-0.2, 0) is 0 Å². The van der Waals surface area contributed by atoms with Gasteiger partial charge in [-0.1, -0.05) is 140 Å². The van der Waals surface area contributed by atoms with Crippen LogP contribution >= 0.6 is 0 Å². The van der Waals surface area contributed by atoms with E-state index in [1.165, 1.54) is 27.2 Å². The van der Waals surface area contributed by atoms with E-state index in [0.29, 0.717) is 17.6 Å². The quantitative estimate of drug-likeness (QED) is 0.175. The molecule has 4 aromatic heterocycles. The number of fused-ring (bicyclic) bond motifs is 11. The Labute approximate surface area is 349 Å². The lowest BCUT2D eigenvalue weighted by Crippen LogP contribution is -2.06. The van der Waals surface area contributed by atoms with Gasteiger partial charge in [-0.2, -0.15) is 9.97 Å². The molecule has 0 saturated carbocycles. The van der Waals surface area contributed by atoms with Crippen LogP contribution in [0.2, 0.25) is 0 Å². The molecule has 284 valence electrons. The Morgan fingerprint density at radius 1 is 0.361 bits per heavy atom. The van der Waals surface area contributed by atoms with E-state index in [1.54, 1.807) is 0 Å². The molecule has 0 unspecified atom stereocenters. The average molecular weight is 780 g/mol. The first-order valence-electron chi connectivity index (χ1n) is 20.5. The van der Waals surface area contributed by atoms with E-state index >= 15 is 0 Å². The molecule has 0 aliphatic carbocycles. The maximum absolute atomic E-state index is 6.68. The number of nitrogens with zero attached hydrogens (tertiary/aromatic N) is 5. The number of rotatable bonds is 5. The standard InChI is InChI=1S/C55H33N5O/c1-3-15-35(16-4-1)53-56-54(43-23-13-22-42-51-39-19-8-7-14-34(39)28-31-50(51)61-52(42)43)58-55(57-53)60-47-25-12-10-21-41(47)45-33-37(27-30-49(45)60)36-26-29-48-44(32-36)40-20-9-11-24-46(40)59(48)38-17-5-2-6-18-38/h1-33H. The number of para-hydroxylation sites is 4. The van der Waals surface area contributed by atoms with Crippen molar-refractivity contribution < 1.29 is 4.42 Å². The van der Waals surface area contributed by atoms with E-state index in [-0.39, 0.29) is 0 Å². The third-order valence-corrected chi connectivity index (χ3v) is 12.2. The van der Waals surface area contributed by atoms with Gasteiger partial charge in [0.25, 0.3) is 0 Å². The van der Waals surface area contributed by atoms with Gasteiger partial charge < -0.3 is 8.98 Å². The van der Waals surface area contributed by atoms with E-state index in [9.17, 15) is 0 Å². The van der Waals surface area contributed by atoms with E-state index in [0.717, 1.165) is 77.1 Å². The highest BCUT2D eigenvalue weighted by Crippen LogP contribution is 2.41. The summed E-state index contributed by atoms with van der Waals surface area (Å²) in [6, 6.07) is 70.3. The first-order chi connectivity index (χ1) is 30.2. The smallest absolute Gasteiger partial charge is 0.238 e. The summed E-state index contributed by atoms with van der Waals surface area (Å²) in [6.45, 7) is 0. The molecular weight excluding hydrogens is 747 g/mol. The highest BCUT2D eigenvalue weighted by atomic mass is 16.3. The molecule has 0 aliphatic rings. The van der Waals surface area contributed by atoms with E-state index < -0.39 is 0 Å². The normalized spacial score (nSPS) is 11.9. The fourth-order valence-corrected chi connectivity index (χ4v) is 9.42. The van der Waals surface area contributed by atoms with Gasteiger partial charge in [0.2, 0.25) is 5.95 Å². The van der Waals surface area contributed by atoms with E-state index in [2.05, 4.69) is 173 Å². The van der Waals surface area contributed by atoms with Gasteiger partial charge in [0.1, 0.15) is 11.2 Å². The molecule has 0 aliphatic heterocycles. The van der Waals surface area contributed by atoms with Crippen molar-refractivity contribution in [1.29, 1.82) is 0 Å². The van der Waals surface area contributed by atoms with Gasteiger partial charge in [0.05, 0.1) is 27.6 Å². The monoisotopic (exact) mass is 779 g/mol. The summed E-state index contributed by atoms with van der Waals surface area (Å²) in [7, 11) is 0. The zero-order valence-electron chi connectivity index (χ0n) is 32.7. The van der Waals surface area contributed by atoms with E-state index in [1.807, 2.05) is 36.4 Å². The van der Waals surface area contributed by atoms with Crippen molar-refractivity contribution in [3.8, 4) is 45.5 Å². The first-order valence-corrected chi connectivity index (χ1v) is 20.5. The van der Waals surface area contributed by atoms with Gasteiger partial charge in [0.15, 0.2) is 11.6 Å². The summed E-state index contributed by atoms with van der Waals surface area (Å²) >= 11 is 0. The van der Waals surface area contributed by atoms with Crippen LogP contribution in [0.4, 0.5) is 0 Å². The van der Waals surface area contributed by atoms with Gasteiger partial charge in [-0.05, 0) is 82.6 Å². The topological polar surface area (TPSA) is 61.7 Å². The number of benzene rings is 9. The Bertz CT molecular complexity index is 3880. The van der Waals surface area contributed by atoms with Crippen LogP contribution in [0, 0.1) is 0 Å². The summed E-state index contributed by atoms with van der Waals surface area (Å²) in [5.74, 6) is 1.67. The number of aromatic nitrogens is 5. The lowest BCUT2D eigenvalue weighted by molar-refractivity contribution is 0.669. The molecular formula is C55H33N5O. The van der Waals surface area contributed by atoms with Crippen LogP contribution in [0.3, 0.4) is 0 Å². The first kappa shape index (κ1) is 33.6. The minimum Gasteiger partial charge on any atom is -0.455 e. The fourth-order valence-electron chi connectivity index (χ4n) is 9.42. The second-order valence-electron chi connectivity index (χ2n) is 15.6. The van der Waals surface area contributed by atoms with Crippen LogP contribution in [0.5, 0.6) is 0 Å². The third kappa shape index (κ3) is 5.12. The zero-order chi connectivity index (χ0) is 40.0. The summed E-state index contributed by atoms with van der Waals surface area (Å²) in [5, 5.41) is 9.13. The molecule has 0 atom stereocenters. The maximum Gasteiger partial charge on any atom is 0.238 e. The second kappa shape index (κ2) is 13.1. The highest BCUT2D eigenvalue weighted by molar-refractivity contribution is 6.20. The van der Waals surface area contributed by atoms with Crippen molar-refractivity contribution in [2.45, 2.75) is 0 Å². The maximum atomic E-state index is 6.68. The van der Waals surface area contributed by atoms with Crippen LogP contribution in [0.25, 0.3) is 122 Å². The van der Waals surface area contributed by atoms with Gasteiger partial charge in [-0.3, -0.25) is 4.57 Å². The van der Waals surface area contributed by atoms with Crippen molar-refractivity contribution in [3.05, 3.63) is 200 Å². The van der Waals surface area contributed by atoms with Crippen molar-refractivity contribution in [2.24, 2.45) is 0 Å². The molecule has 6 heteroatoms. The van der Waals surface area contributed by atoms with Crippen molar-refractivity contribution in [3.63, 3.8) is 0 Å². The van der Waals surface area contributed by atoms with Crippen molar-refractivity contribution >= 4 is 76.3 Å². The predicted molar refractivity (Wildman–Crippen MR) is 250 cm³/mol. The summed E-state index contributed by atoms with van der Waals surface area (Å²) in [6.07, 6.45) is 0. The van der Waals surface area contributed by atoms with Gasteiger partial charge in [-0.15, -0.1) is 0 Å². The molecule has 0 radical (unpaired) electrons. The molecule has 13 aromatic rings. The highest BCUT2D eigenvalue weighted by Gasteiger charge is 2.22. The Balaban J connectivity index is 1.01. The third-order valence-electron chi connectivity index (χ3n) is 12.2. The van der Waals surface area contributed by atoms with Crippen LogP contribution in [0.15, 0.2) is 205 Å². The number of furan rings is 1. The van der Waals surface area contributed by atoms with Crippen LogP contribution in [-0.4, -0.2) is 24.1 Å². The Morgan fingerprint density at radius 2 is 0.934 bits per heavy atom. The van der Waals surface area contributed by atoms with Gasteiger partial charge in [-0.25, -0.2) is 4.98 Å². The molecule has 0 fully saturated rings. The molecule has 0 spiro atoms. The lowest BCUT2D eigenvalue weighted by atomic mass is 10.0. The lowest BCUT2D eigenvalue weighted by Gasteiger charge is -2.11. The Morgan fingerprint density at radius 3 is 1.67 bits per heavy atom. The number of hydrogen-bond donors (Lipinski definition) is 0. The molecule has 0 N–H and O–H groups in total. The SMILES string of the molecule is c1ccc(-c2nc(-c3cccc4c3oc3ccc5ccccc5c34)nc(-n3c4ccccc4c4cc(-c5ccc6c(c5)c5ccccc5n6-c5ccccc5)ccc43)n2)cc1. The molecule has 0 saturated heterocycles. The second-order valence-corrected chi connectivity index (χ2v) is 15.6. The van der Waals surface area contributed by atoms with Gasteiger partial charge in [0, 0.05) is 43.6 Å². The Hall–Kier alpha value is -8.35. The number of hydrogen-bond acceptors (Lipinski definition) is 4. The zero-order valence-corrected chi connectivity index (χ0v) is 32.7. The Kier molecular flexibility index (Phi) is 7.21. The van der Waals surface area contributed by atoms with Gasteiger partial charge >= 0.3 is 0 Å². The molecule has 13 rings (SSSR count). The molecule has 0 bridgehead atoms. The minimum absolute atomic E-state index is 0.538. The fraction of sp³-hybridized carbons (Fsp3) is 0. The molecule has 9 aromatic carbocycles. The summed E-state index contributed by atoms with van der Waals surface area (Å²) in [5.41, 5.74) is 11.1. The van der Waals surface area contributed by atoms with Crippen LogP contribution < -0.4 is 0 Å². The summed E-state index contributed by atoms with van der Waals surface area (Å²) in [4.78, 5) is 15.7. The minimum atomic E-state index is 0.538. The van der Waals surface area contributed by atoms with Crippen molar-refractivity contribution in [1.82, 2.24) is 24.1 Å². The van der Waals surface area contributed by atoms with Crippen LogP contribution in [0.1, 0.15) is 0 Å². The summed E-state index contributed by atoms with van der Waals surface area (Å²) < 4.78 is 11.2. The molecule has 61 heavy (non-hydrogen) atoms. The average Bonchev–Trinajstić information content (AvgIpc) is 3.99. The largest absolute Gasteiger partial charge is 0.455 e. The van der Waals surface area contributed by atoms with Crippen molar-refractivity contribution in [2.75, 3.05) is 0 Å².